The van der Waals surface area contributed by atoms with Gasteiger partial charge in [0.25, 0.3) is 5.91 Å². The van der Waals surface area contributed by atoms with Gasteiger partial charge in [0.05, 0.1) is 0 Å². The average Bonchev–Trinajstić information content (AvgIpc) is 2.71. The number of hydrogen-bond donors (Lipinski definition) is 1. The molecule has 1 N–H and O–H groups in total. The predicted molar refractivity (Wildman–Crippen MR) is 122 cm³/mol. The fourth-order valence-corrected chi connectivity index (χ4v) is 3.62. The molecule has 1 aliphatic heterocycles. The molecule has 0 aromatic heterocycles. The summed E-state index contributed by atoms with van der Waals surface area (Å²) in [6, 6.07) is 13.7. The molecule has 1 heterocycles. The van der Waals surface area contributed by atoms with Crippen molar-refractivity contribution in [1.82, 2.24) is 4.90 Å². The first-order valence-corrected chi connectivity index (χ1v) is 10.8. The van der Waals surface area contributed by atoms with Gasteiger partial charge >= 0.3 is 0 Å². The van der Waals surface area contributed by atoms with E-state index in [0.717, 1.165) is 54.2 Å². The van der Waals surface area contributed by atoms with Crippen LogP contribution in [0.4, 0.5) is 5.69 Å². The standard InChI is InChI=1S/C25H34N2O3/c1-17(2)23-11-6-18(3)16-24(23)29-19(4)25(28)26-20-7-9-21(10-8-20)30-22-12-14-27(5)15-13-22/h6-11,16-17,19,22H,12-15H2,1-5H3,(H,26,28)/t19-/m1/s1. The van der Waals surface area contributed by atoms with Crippen LogP contribution < -0.4 is 14.8 Å². The van der Waals surface area contributed by atoms with Gasteiger partial charge in [-0.1, -0.05) is 26.0 Å². The Morgan fingerprint density at radius 1 is 1.07 bits per heavy atom. The average molecular weight is 411 g/mol. The summed E-state index contributed by atoms with van der Waals surface area (Å²) in [5.41, 5.74) is 2.96. The van der Waals surface area contributed by atoms with Crippen LogP contribution in [0, 0.1) is 6.92 Å². The Balaban J connectivity index is 1.56. The Hall–Kier alpha value is -2.53. The lowest BCUT2D eigenvalue weighted by atomic mass is 10.0. The third-order valence-electron chi connectivity index (χ3n) is 5.55. The molecule has 162 valence electrons. The highest BCUT2D eigenvalue weighted by Crippen LogP contribution is 2.28. The predicted octanol–water partition coefficient (Wildman–Crippen LogP) is 5.00. The van der Waals surface area contributed by atoms with Gasteiger partial charge in [0.2, 0.25) is 0 Å². The monoisotopic (exact) mass is 410 g/mol. The lowest BCUT2D eigenvalue weighted by Gasteiger charge is -2.29. The molecular weight excluding hydrogens is 376 g/mol. The Morgan fingerprint density at radius 2 is 1.73 bits per heavy atom. The molecule has 1 aliphatic rings. The summed E-state index contributed by atoms with van der Waals surface area (Å²) in [6.45, 7) is 10.2. The molecule has 1 fully saturated rings. The lowest BCUT2D eigenvalue weighted by Crippen LogP contribution is -2.35. The third kappa shape index (κ3) is 5.99. The Labute approximate surface area is 180 Å². The number of carbonyl (C=O) groups excluding carboxylic acids is 1. The van der Waals surface area contributed by atoms with Gasteiger partial charge in [0.15, 0.2) is 6.10 Å². The fourth-order valence-electron chi connectivity index (χ4n) is 3.62. The molecule has 0 aliphatic carbocycles. The van der Waals surface area contributed by atoms with Crippen LogP contribution in [0.2, 0.25) is 0 Å². The molecule has 30 heavy (non-hydrogen) atoms. The van der Waals surface area contributed by atoms with Crippen molar-refractivity contribution in [2.24, 2.45) is 0 Å². The first kappa shape index (κ1) is 22.2. The quantitative estimate of drug-likeness (QED) is 0.698. The van der Waals surface area contributed by atoms with Crippen LogP contribution in [0.25, 0.3) is 0 Å². The van der Waals surface area contributed by atoms with Crippen molar-refractivity contribution in [3.05, 3.63) is 53.6 Å². The number of carbonyl (C=O) groups is 1. The third-order valence-corrected chi connectivity index (χ3v) is 5.55. The molecule has 0 bridgehead atoms. The van der Waals surface area contributed by atoms with Crippen LogP contribution in [-0.4, -0.2) is 43.2 Å². The van der Waals surface area contributed by atoms with Crippen molar-refractivity contribution < 1.29 is 14.3 Å². The minimum absolute atomic E-state index is 0.171. The second-order valence-corrected chi connectivity index (χ2v) is 8.59. The van der Waals surface area contributed by atoms with Gasteiger partial charge in [-0.3, -0.25) is 4.79 Å². The molecule has 1 atom stereocenters. The molecule has 0 spiro atoms. The normalized spacial score (nSPS) is 16.3. The van der Waals surface area contributed by atoms with Crippen LogP contribution in [0.3, 0.4) is 0 Å². The molecule has 2 aromatic rings. The molecule has 3 rings (SSSR count). The number of aryl methyl sites for hydroxylation is 1. The van der Waals surface area contributed by atoms with Crippen molar-refractivity contribution in [2.45, 2.75) is 58.7 Å². The highest BCUT2D eigenvalue weighted by Gasteiger charge is 2.19. The maximum atomic E-state index is 12.6. The first-order chi connectivity index (χ1) is 14.3. The van der Waals surface area contributed by atoms with Crippen molar-refractivity contribution in [3.63, 3.8) is 0 Å². The number of nitrogens with zero attached hydrogens (tertiary/aromatic N) is 1. The summed E-state index contributed by atoms with van der Waals surface area (Å²) >= 11 is 0. The lowest BCUT2D eigenvalue weighted by molar-refractivity contribution is -0.122. The van der Waals surface area contributed by atoms with Gasteiger partial charge in [0.1, 0.15) is 17.6 Å². The van der Waals surface area contributed by atoms with Crippen LogP contribution in [0.15, 0.2) is 42.5 Å². The van der Waals surface area contributed by atoms with Gasteiger partial charge in [-0.25, -0.2) is 0 Å². The van der Waals surface area contributed by atoms with Gasteiger partial charge in [0, 0.05) is 18.8 Å². The molecule has 5 nitrogen and oxygen atoms in total. The maximum Gasteiger partial charge on any atom is 0.265 e. The van der Waals surface area contributed by atoms with Crippen LogP contribution in [0.5, 0.6) is 11.5 Å². The number of rotatable bonds is 7. The Morgan fingerprint density at radius 3 is 2.37 bits per heavy atom. The molecule has 1 amide bonds. The van der Waals surface area contributed by atoms with Gasteiger partial charge in [-0.05, 0) is 81.1 Å². The van der Waals surface area contributed by atoms with Gasteiger partial charge < -0.3 is 19.7 Å². The van der Waals surface area contributed by atoms with Crippen molar-refractivity contribution in [3.8, 4) is 11.5 Å². The number of amides is 1. The Bertz CT molecular complexity index is 840. The summed E-state index contributed by atoms with van der Waals surface area (Å²) in [6.07, 6.45) is 1.75. The largest absolute Gasteiger partial charge is 0.490 e. The van der Waals surface area contributed by atoms with E-state index < -0.39 is 6.10 Å². The molecule has 0 saturated carbocycles. The van der Waals surface area contributed by atoms with E-state index in [1.54, 1.807) is 6.92 Å². The number of hydrogen-bond acceptors (Lipinski definition) is 4. The van der Waals surface area contributed by atoms with E-state index in [1.807, 2.05) is 37.3 Å². The van der Waals surface area contributed by atoms with Gasteiger partial charge in [-0.15, -0.1) is 0 Å². The van der Waals surface area contributed by atoms with Crippen LogP contribution >= 0.6 is 0 Å². The maximum absolute atomic E-state index is 12.6. The van der Waals surface area contributed by atoms with Crippen LogP contribution in [0.1, 0.15) is 50.7 Å². The van der Waals surface area contributed by atoms with E-state index in [1.165, 1.54) is 0 Å². The zero-order valence-corrected chi connectivity index (χ0v) is 18.8. The van der Waals surface area contributed by atoms with E-state index in [0.29, 0.717) is 5.92 Å². The second-order valence-electron chi connectivity index (χ2n) is 8.59. The summed E-state index contributed by atoms with van der Waals surface area (Å²) in [5, 5.41) is 2.94. The highest BCUT2D eigenvalue weighted by molar-refractivity contribution is 5.94. The van der Waals surface area contributed by atoms with E-state index in [2.05, 4.69) is 43.2 Å². The number of benzene rings is 2. The summed E-state index contributed by atoms with van der Waals surface area (Å²) < 4.78 is 12.1. The number of likely N-dealkylation sites (tertiary alicyclic amines) is 1. The van der Waals surface area contributed by atoms with Crippen LogP contribution in [-0.2, 0) is 4.79 Å². The van der Waals surface area contributed by atoms with E-state index >= 15 is 0 Å². The first-order valence-electron chi connectivity index (χ1n) is 10.8. The fraction of sp³-hybridized carbons (Fsp3) is 0.480. The minimum Gasteiger partial charge on any atom is -0.490 e. The topological polar surface area (TPSA) is 50.8 Å². The molecule has 5 heteroatoms. The second kappa shape index (κ2) is 9.98. The van der Waals surface area contributed by atoms with Gasteiger partial charge in [-0.2, -0.15) is 0 Å². The van der Waals surface area contributed by atoms with Crippen molar-refractivity contribution in [1.29, 1.82) is 0 Å². The molecule has 1 saturated heterocycles. The zero-order valence-electron chi connectivity index (χ0n) is 18.8. The minimum atomic E-state index is -0.598. The summed E-state index contributed by atoms with van der Waals surface area (Å²) in [5.74, 6) is 1.77. The number of ether oxygens (including phenoxy) is 2. The smallest absolute Gasteiger partial charge is 0.265 e. The number of nitrogens with one attached hydrogen (secondary N) is 1. The van der Waals surface area contributed by atoms with E-state index in [4.69, 9.17) is 9.47 Å². The zero-order chi connectivity index (χ0) is 21.7. The molecule has 0 unspecified atom stereocenters. The number of piperidine rings is 1. The van der Waals surface area contributed by atoms with Crippen molar-refractivity contribution >= 4 is 11.6 Å². The summed E-state index contributed by atoms with van der Waals surface area (Å²) in [7, 11) is 2.14. The molecule has 0 radical (unpaired) electrons. The number of anilines is 1. The van der Waals surface area contributed by atoms with Crippen molar-refractivity contribution in [2.75, 3.05) is 25.5 Å². The summed E-state index contributed by atoms with van der Waals surface area (Å²) in [4.78, 5) is 15.0. The highest BCUT2D eigenvalue weighted by atomic mass is 16.5. The Kier molecular flexibility index (Phi) is 7.38. The molecule has 2 aromatic carbocycles. The molecular formula is C25H34N2O3. The van der Waals surface area contributed by atoms with E-state index in [9.17, 15) is 4.79 Å². The van der Waals surface area contributed by atoms with E-state index in [-0.39, 0.29) is 12.0 Å². The SMILES string of the molecule is Cc1ccc(C(C)C)c(O[C@H](C)C(=O)Nc2ccc(OC3CCN(C)CC3)cc2)c1.